The van der Waals surface area contributed by atoms with E-state index in [0.717, 1.165) is 36.1 Å². The fourth-order valence-corrected chi connectivity index (χ4v) is 8.87. The second-order valence-electron chi connectivity index (χ2n) is 6.06. The van der Waals surface area contributed by atoms with Crippen molar-refractivity contribution in [1.82, 2.24) is 9.34 Å². The average Bonchev–Trinajstić information content (AvgIpc) is 2.58. The Morgan fingerprint density at radius 2 is 1.27 bits per heavy atom. The lowest BCUT2D eigenvalue weighted by molar-refractivity contribution is 0.287. The fraction of sp³-hybridized carbons (Fsp3) is 0.625. The largest absolute Gasteiger partial charge is 0.276 e. The van der Waals surface area contributed by atoms with Crippen molar-refractivity contribution in [2.75, 3.05) is 26.2 Å². The average molecular weight is 359 g/mol. The highest BCUT2D eigenvalue weighted by atomic mass is 35.5. The second kappa shape index (κ2) is 7.72. The van der Waals surface area contributed by atoms with E-state index in [-0.39, 0.29) is 0 Å². The van der Waals surface area contributed by atoms with Crippen molar-refractivity contribution in [1.29, 1.82) is 0 Å². The molecule has 0 unspecified atom stereocenters. The van der Waals surface area contributed by atoms with Gasteiger partial charge in [-0.15, -0.1) is 0 Å². The van der Waals surface area contributed by atoms with Crippen LogP contribution in [0.25, 0.3) is 0 Å². The molecule has 0 N–H and O–H groups in total. The maximum absolute atomic E-state index is 14.0. The molecule has 2 saturated heterocycles. The summed E-state index contributed by atoms with van der Waals surface area (Å²) in [6.45, 7) is 1.30. The lowest BCUT2D eigenvalue weighted by Crippen LogP contribution is -2.36. The van der Waals surface area contributed by atoms with Crippen LogP contribution in [0.1, 0.15) is 38.5 Å². The fourth-order valence-electron chi connectivity index (χ4n) is 3.19. The van der Waals surface area contributed by atoms with E-state index in [1.54, 1.807) is 11.4 Å². The number of hydrogen-bond acceptors (Lipinski definition) is 2. The van der Waals surface area contributed by atoms with Crippen molar-refractivity contribution in [2.45, 2.75) is 43.4 Å². The van der Waals surface area contributed by atoms with E-state index in [4.69, 9.17) is 11.6 Å². The van der Waals surface area contributed by atoms with Crippen molar-refractivity contribution in [3.05, 3.63) is 29.3 Å². The molecule has 0 amide bonds. The van der Waals surface area contributed by atoms with Crippen LogP contribution in [-0.4, -0.2) is 35.5 Å². The molecule has 2 aliphatic rings. The Balaban J connectivity index is 1.83. The molecule has 3 rings (SSSR count). The van der Waals surface area contributed by atoms with Crippen LogP contribution < -0.4 is 0 Å². The van der Waals surface area contributed by atoms with Crippen LogP contribution in [-0.2, 0) is 4.57 Å². The molecule has 0 spiro atoms. The third-order valence-corrected chi connectivity index (χ3v) is 10.4. The zero-order valence-corrected chi connectivity index (χ0v) is 15.4. The summed E-state index contributed by atoms with van der Waals surface area (Å²) in [5, 5.41) is 0.732. The number of hydrogen-bond donors (Lipinski definition) is 0. The van der Waals surface area contributed by atoms with Crippen LogP contribution in [0.5, 0.6) is 0 Å². The highest BCUT2D eigenvalue weighted by molar-refractivity contribution is 8.56. The molecule has 2 heterocycles. The van der Waals surface area contributed by atoms with Crippen LogP contribution >= 0.6 is 29.6 Å². The van der Waals surface area contributed by atoms with E-state index >= 15 is 0 Å². The summed E-state index contributed by atoms with van der Waals surface area (Å²) >= 11 is 7.54. The van der Waals surface area contributed by atoms with Crippen molar-refractivity contribution >= 4 is 29.6 Å². The summed E-state index contributed by atoms with van der Waals surface area (Å²) in [7, 11) is 0. The Hall–Kier alpha value is 0.01000. The first kappa shape index (κ1) is 16.9. The van der Waals surface area contributed by atoms with Gasteiger partial charge in [0.2, 0.25) is 0 Å². The minimum absolute atomic E-state index is 0.732. The van der Waals surface area contributed by atoms with Gasteiger partial charge in [0, 0.05) is 36.1 Å². The van der Waals surface area contributed by atoms with E-state index in [1.807, 2.05) is 24.3 Å². The topological polar surface area (TPSA) is 23.6 Å². The predicted octanol–water partition coefficient (Wildman–Crippen LogP) is 5.51. The van der Waals surface area contributed by atoms with Crippen LogP contribution in [0.4, 0.5) is 0 Å². The molecule has 2 fully saturated rings. The zero-order chi connectivity index (χ0) is 15.4. The van der Waals surface area contributed by atoms with Crippen LogP contribution in [0, 0.1) is 0 Å². The maximum atomic E-state index is 14.0. The molecular formula is C16H24ClN2OPS. The number of nitrogens with zero attached hydrogens (tertiary/aromatic N) is 2. The predicted molar refractivity (Wildman–Crippen MR) is 95.8 cm³/mol. The third-order valence-electron chi connectivity index (χ3n) is 4.42. The first-order valence-corrected chi connectivity index (χ1v) is 11.7. The molecule has 0 aromatic heterocycles. The minimum atomic E-state index is -2.57. The third kappa shape index (κ3) is 3.91. The first-order chi connectivity index (χ1) is 10.7. The van der Waals surface area contributed by atoms with E-state index < -0.39 is 6.65 Å². The van der Waals surface area contributed by atoms with Gasteiger partial charge < -0.3 is 0 Å². The normalized spacial score (nSPS) is 21.9. The van der Waals surface area contributed by atoms with Gasteiger partial charge in [0.05, 0.1) is 0 Å². The molecule has 1 aromatic rings. The standard InChI is InChI=1S/C16H24ClN2OPS/c17-15-7-9-16(10-8-15)22-21(20,18-11-3-1-4-12-18)19-13-5-2-6-14-19/h7-10H,1-6,11-14H2. The summed E-state index contributed by atoms with van der Waals surface area (Å²) < 4.78 is 18.5. The van der Waals surface area contributed by atoms with E-state index in [0.29, 0.717) is 0 Å². The monoisotopic (exact) mass is 358 g/mol. The Labute approximate surface area is 142 Å². The summed E-state index contributed by atoms with van der Waals surface area (Å²) in [6.07, 6.45) is 7.19. The van der Waals surface area contributed by atoms with Gasteiger partial charge in [0.25, 0.3) is 6.65 Å². The molecule has 0 aliphatic carbocycles. The molecule has 0 atom stereocenters. The molecular weight excluding hydrogens is 335 g/mol. The van der Waals surface area contributed by atoms with Crippen molar-refractivity contribution in [3.8, 4) is 0 Å². The van der Waals surface area contributed by atoms with Gasteiger partial charge in [0.15, 0.2) is 0 Å². The Bertz CT molecular complexity index is 505. The Morgan fingerprint density at radius 1 is 0.818 bits per heavy atom. The number of halogens is 1. The highest BCUT2D eigenvalue weighted by Gasteiger charge is 2.39. The maximum Gasteiger partial charge on any atom is 0.276 e. The lowest BCUT2D eigenvalue weighted by Gasteiger charge is -2.41. The van der Waals surface area contributed by atoms with Gasteiger partial charge in [0.1, 0.15) is 0 Å². The molecule has 3 nitrogen and oxygen atoms in total. The van der Waals surface area contributed by atoms with Crippen molar-refractivity contribution in [2.24, 2.45) is 0 Å². The van der Waals surface area contributed by atoms with Crippen LogP contribution in [0.15, 0.2) is 29.2 Å². The van der Waals surface area contributed by atoms with E-state index in [2.05, 4.69) is 9.34 Å². The summed E-state index contributed by atoms with van der Waals surface area (Å²) in [5.74, 6) is 0. The van der Waals surface area contributed by atoms with Crippen molar-refractivity contribution in [3.63, 3.8) is 0 Å². The zero-order valence-electron chi connectivity index (χ0n) is 12.9. The van der Waals surface area contributed by atoms with E-state index in [9.17, 15) is 4.57 Å². The van der Waals surface area contributed by atoms with Gasteiger partial charge >= 0.3 is 0 Å². The minimum Gasteiger partial charge on any atom is -0.276 e. The van der Waals surface area contributed by atoms with Gasteiger partial charge in [-0.25, -0.2) is 9.34 Å². The Morgan fingerprint density at radius 3 is 1.73 bits per heavy atom. The quantitative estimate of drug-likeness (QED) is 0.662. The van der Waals surface area contributed by atoms with Gasteiger partial charge in [-0.1, -0.05) is 24.4 Å². The second-order valence-corrected chi connectivity index (χ2v) is 11.2. The van der Waals surface area contributed by atoms with Crippen LogP contribution in [0.2, 0.25) is 5.02 Å². The molecule has 6 heteroatoms. The van der Waals surface area contributed by atoms with Crippen LogP contribution in [0.3, 0.4) is 0 Å². The number of benzene rings is 1. The number of piperidine rings is 2. The molecule has 122 valence electrons. The molecule has 22 heavy (non-hydrogen) atoms. The first-order valence-electron chi connectivity index (χ1n) is 8.24. The summed E-state index contributed by atoms with van der Waals surface area (Å²) in [4.78, 5) is 1.06. The molecule has 1 aromatic carbocycles. The van der Waals surface area contributed by atoms with E-state index in [1.165, 1.54) is 38.5 Å². The SMILES string of the molecule is O=P(Sc1ccc(Cl)cc1)(N1CCCCC1)N1CCCCC1. The Kier molecular flexibility index (Phi) is 5.91. The number of rotatable bonds is 4. The molecule has 0 saturated carbocycles. The van der Waals surface area contributed by atoms with Gasteiger partial charge in [-0.05, 0) is 61.3 Å². The summed E-state index contributed by atoms with van der Waals surface area (Å²) in [6, 6.07) is 7.77. The van der Waals surface area contributed by atoms with Gasteiger partial charge in [-0.3, -0.25) is 4.57 Å². The molecule has 0 bridgehead atoms. The smallest absolute Gasteiger partial charge is 0.276 e. The highest BCUT2D eigenvalue weighted by Crippen LogP contribution is 2.67. The lowest BCUT2D eigenvalue weighted by atomic mass is 10.2. The van der Waals surface area contributed by atoms with Crippen molar-refractivity contribution < 1.29 is 4.57 Å². The van der Waals surface area contributed by atoms with Gasteiger partial charge in [-0.2, -0.15) is 0 Å². The molecule has 0 radical (unpaired) electrons. The summed E-state index contributed by atoms with van der Waals surface area (Å²) in [5.41, 5.74) is 0. The molecule has 2 aliphatic heterocycles.